The smallest absolute Gasteiger partial charge is 0.118 e. The Bertz CT molecular complexity index is 526. The lowest BCUT2D eigenvalue weighted by atomic mass is 10.1. The van der Waals surface area contributed by atoms with Crippen LogP contribution in [0.15, 0.2) is 47.1 Å². The summed E-state index contributed by atoms with van der Waals surface area (Å²) in [6, 6.07) is 11.8. The topological polar surface area (TPSA) is 45.8 Å². The first-order valence-corrected chi connectivity index (χ1v) is 7.06. The van der Waals surface area contributed by atoms with Crippen LogP contribution in [0.5, 0.6) is 5.75 Å². The van der Waals surface area contributed by atoms with Crippen LogP contribution in [0.3, 0.4) is 0 Å². The second kappa shape index (κ2) is 6.78. The van der Waals surface area contributed by atoms with E-state index in [9.17, 15) is 5.11 Å². The quantitative estimate of drug-likeness (QED) is 0.851. The second-order valence-electron chi connectivity index (χ2n) is 5.89. The van der Waals surface area contributed by atoms with Gasteiger partial charge in [-0.05, 0) is 43.7 Å². The Morgan fingerprint density at radius 3 is 2.38 bits per heavy atom. The third-order valence-corrected chi connectivity index (χ3v) is 3.14. The molecule has 1 aromatic carbocycles. The van der Waals surface area contributed by atoms with Gasteiger partial charge in [0.15, 0.2) is 0 Å². The van der Waals surface area contributed by atoms with Crippen molar-refractivity contribution in [2.24, 2.45) is 0 Å². The fraction of sp³-hybridized carbons (Fsp3) is 0.412. The highest BCUT2D eigenvalue weighted by atomic mass is 16.5. The molecule has 0 aliphatic carbocycles. The summed E-state index contributed by atoms with van der Waals surface area (Å²) in [6.45, 7) is 5.61. The lowest BCUT2D eigenvalue weighted by Gasteiger charge is -2.28. The van der Waals surface area contributed by atoms with Crippen molar-refractivity contribution in [2.45, 2.75) is 32.5 Å². The lowest BCUT2D eigenvalue weighted by molar-refractivity contribution is 0.0285. The lowest BCUT2D eigenvalue weighted by Crippen LogP contribution is -2.37. The molecule has 0 fully saturated rings. The van der Waals surface area contributed by atoms with Crippen LogP contribution >= 0.6 is 0 Å². The number of rotatable bonds is 7. The Labute approximate surface area is 126 Å². The third-order valence-electron chi connectivity index (χ3n) is 3.14. The Kier molecular flexibility index (Phi) is 5.04. The van der Waals surface area contributed by atoms with Crippen molar-refractivity contribution in [3.05, 3.63) is 54.0 Å². The molecule has 0 unspecified atom stereocenters. The van der Waals surface area contributed by atoms with E-state index < -0.39 is 5.60 Å². The number of hydrogen-bond acceptors (Lipinski definition) is 4. The average molecular weight is 289 g/mol. The zero-order valence-corrected chi connectivity index (χ0v) is 12.9. The van der Waals surface area contributed by atoms with Crippen LogP contribution in [-0.4, -0.2) is 29.3 Å². The Morgan fingerprint density at radius 2 is 1.86 bits per heavy atom. The number of nitrogens with zero attached hydrogens (tertiary/aromatic N) is 1. The molecule has 0 atom stereocenters. The maximum absolute atomic E-state index is 10.1. The predicted molar refractivity (Wildman–Crippen MR) is 82.1 cm³/mol. The number of methoxy groups -OCH3 is 1. The predicted octanol–water partition coefficient (Wildman–Crippen LogP) is 3.06. The van der Waals surface area contributed by atoms with Gasteiger partial charge in [-0.2, -0.15) is 0 Å². The van der Waals surface area contributed by atoms with Gasteiger partial charge in [0.1, 0.15) is 11.5 Å². The van der Waals surface area contributed by atoms with Crippen LogP contribution < -0.4 is 4.74 Å². The number of furan rings is 1. The monoisotopic (exact) mass is 289 g/mol. The molecule has 2 aromatic rings. The van der Waals surface area contributed by atoms with E-state index in [1.165, 1.54) is 5.56 Å². The molecular formula is C17H23NO3. The summed E-state index contributed by atoms with van der Waals surface area (Å²) in [5, 5.41) is 10.1. The van der Waals surface area contributed by atoms with Gasteiger partial charge in [-0.1, -0.05) is 12.1 Å². The molecule has 0 saturated carbocycles. The van der Waals surface area contributed by atoms with Crippen molar-refractivity contribution in [2.75, 3.05) is 13.7 Å². The zero-order chi connectivity index (χ0) is 15.3. The summed E-state index contributed by atoms with van der Waals surface area (Å²) in [7, 11) is 1.66. The minimum absolute atomic E-state index is 0.569. The first-order valence-electron chi connectivity index (χ1n) is 7.06. The van der Waals surface area contributed by atoms with Crippen LogP contribution in [-0.2, 0) is 13.1 Å². The van der Waals surface area contributed by atoms with Gasteiger partial charge in [0.2, 0.25) is 0 Å². The van der Waals surface area contributed by atoms with Gasteiger partial charge in [-0.25, -0.2) is 0 Å². The first kappa shape index (κ1) is 15.6. The molecule has 2 rings (SSSR count). The standard InChI is InChI=1S/C17H23NO3/c1-17(2,19)13-18(12-16-5-4-10-21-16)11-14-6-8-15(20-3)9-7-14/h4-10,19H,11-13H2,1-3H3. The Balaban J connectivity index is 2.06. The number of hydrogen-bond donors (Lipinski definition) is 1. The molecule has 1 heterocycles. The summed E-state index contributed by atoms with van der Waals surface area (Å²) in [6.07, 6.45) is 1.67. The van der Waals surface area contributed by atoms with Crippen LogP contribution in [0.4, 0.5) is 0 Å². The number of ether oxygens (including phenoxy) is 1. The maximum Gasteiger partial charge on any atom is 0.118 e. The van der Waals surface area contributed by atoms with Crippen LogP contribution in [0, 0.1) is 0 Å². The molecule has 4 nitrogen and oxygen atoms in total. The van der Waals surface area contributed by atoms with Crippen LogP contribution in [0.1, 0.15) is 25.2 Å². The average Bonchev–Trinajstić information content (AvgIpc) is 2.90. The fourth-order valence-electron chi connectivity index (χ4n) is 2.33. The van der Waals surface area contributed by atoms with Crippen molar-refractivity contribution in [3.63, 3.8) is 0 Å². The van der Waals surface area contributed by atoms with Gasteiger partial charge < -0.3 is 14.3 Å². The molecule has 0 aliphatic heterocycles. The van der Waals surface area contributed by atoms with Gasteiger partial charge in [0.25, 0.3) is 0 Å². The second-order valence-corrected chi connectivity index (χ2v) is 5.89. The summed E-state index contributed by atoms with van der Waals surface area (Å²) >= 11 is 0. The van der Waals surface area contributed by atoms with Crippen molar-refractivity contribution in [1.29, 1.82) is 0 Å². The van der Waals surface area contributed by atoms with Crippen molar-refractivity contribution in [3.8, 4) is 5.75 Å². The Hall–Kier alpha value is -1.78. The minimum Gasteiger partial charge on any atom is -0.497 e. The molecule has 0 amide bonds. The normalized spacial score (nSPS) is 11.9. The van der Waals surface area contributed by atoms with Crippen molar-refractivity contribution < 1.29 is 14.3 Å². The van der Waals surface area contributed by atoms with E-state index in [-0.39, 0.29) is 0 Å². The summed E-state index contributed by atoms with van der Waals surface area (Å²) < 4.78 is 10.6. The number of benzene rings is 1. The molecule has 0 bridgehead atoms. The summed E-state index contributed by atoms with van der Waals surface area (Å²) in [5.74, 6) is 1.74. The van der Waals surface area contributed by atoms with E-state index in [0.29, 0.717) is 13.1 Å². The number of aliphatic hydroxyl groups is 1. The van der Waals surface area contributed by atoms with Crippen molar-refractivity contribution in [1.82, 2.24) is 4.90 Å². The van der Waals surface area contributed by atoms with E-state index in [0.717, 1.165) is 18.1 Å². The van der Waals surface area contributed by atoms with E-state index >= 15 is 0 Å². The van der Waals surface area contributed by atoms with Gasteiger partial charge in [-0.15, -0.1) is 0 Å². The first-order chi connectivity index (χ1) is 9.96. The minimum atomic E-state index is -0.751. The van der Waals surface area contributed by atoms with Crippen molar-refractivity contribution >= 4 is 0 Å². The van der Waals surface area contributed by atoms with Gasteiger partial charge in [-0.3, -0.25) is 4.90 Å². The molecule has 0 spiro atoms. The summed E-state index contributed by atoms with van der Waals surface area (Å²) in [4.78, 5) is 2.17. The molecular weight excluding hydrogens is 266 g/mol. The molecule has 114 valence electrons. The summed E-state index contributed by atoms with van der Waals surface area (Å²) in [5.41, 5.74) is 0.422. The molecule has 1 N–H and O–H groups in total. The highest BCUT2D eigenvalue weighted by Crippen LogP contribution is 2.17. The highest BCUT2D eigenvalue weighted by molar-refractivity contribution is 5.27. The van der Waals surface area contributed by atoms with Gasteiger partial charge in [0.05, 0.1) is 25.5 Å². The van der Waals surface area contributed by atoms with Crippen LogP contribution in [0.2, 0.25) is 0 Å². The van der Waals surface area contributed by atoms with Gasteiger partial charge >= 0.3 is 0 Å². The Morgan fingerprint density at radius 1 is 1.14 bits per heavy atom. The fourth-order valence-corrected chi connectivity index (χ4v) is 2.33. The van der Waals surface area contributed by atoms with Crippen LogP contribution in [0.25, 0.3) is 0 Å². The zero-order valence-electron chi connectivity index (χ0n) is 12.9. The third kappa shape index (κ3) is 5.25. The van der Waals surface area contributed by atoms with E-state index in [4.69, 9.17) is 9.15 Å². The molecule has 0 aliphatic rings. The largest absolute Gasteiger partial charge is 0.497 e. The van der Waals surface area contributed by atoms with E-state index in [1.807, 2.05) is 50.2 Å². The van der Waals surface area contributed by atoms with Gasteiger partial charge in [0, 0.05) is 13.1 Å². The molecule has 1 aromatic heterocycles. The van der Waals surface area contributed by atoms with E-state index in [2.05, 4.69) is 4.90 Å². The van der Waals surface area contributed by atoms with E-state index in [1.54, 1.807) is 13.4 Å². The molecule has 0 radical (unpaired) electrons. The highest BCUT2D eigenvalue weighted by Gasteiger charge is 2.19. The molecule has 21 heavy (non-hydrogen) atoms. The molecule has 4 heteroatoms. The SMILES string of the molecule is COc1ccc(CN(Cc2ccco2)CC(C)(C)O)cc1. The molecule has 0 saturated heterocycles. The maximum atomic E-state index is 10.1.